The lowest BCUT2D eigenvalue weighted by atomic mass is 10.1. The summed E-state index contributed by atoms with van der Waals surface area (Å²) < 4.78 is 4.97. The molecule has 0 bridgehead atoms. The highest BCUT2D eigenvalue weighted by atomic mass is 16.5. The van der Waals surface area contributed by atoms with E-state index in [2.05, 4.69) is 36.1 Å². The number of hydrogen-bond donors (Lipinski definition) is 0. The van der Waals surface area contributed by atoms with Crippen molar-refractivity contribution in [2.75, 3.05) is 40.3 Å². The third-order valence-corrected chi connectivity index (χ3v) is 4.03. The Morgan fingerprint density at radius 1 is 1.00 bits per heavy atom. The number of ether oxygens (including phenoxy) is 1. The van der Waals surface area contributed by atoms with E-state index in [0.717, 1.165) is 24.9 Å². The Hall–Kier alpha value is -1.88. The fourth-order valence-corrected chi connectivity index (χ4v) is 2.56. The quantitative estimate of drug-likeness (QED) is 0.577. The van der Waals surface area contributed by atoms with Gasteiger partial charge in [-0.05, 0) is 52.9 Å². The summed E-state index contributed by atoms with van der Waals surface area (Å²) in [5.74, 6) is -0.143. The zero-order valence-electron chi connectivity index (χ0n) is 16.1. The van der Waals surface area contributed by atoms with Crippen LogP contribution >= 0.6 is 0 Å². The largest absolute Gasteiger partial charge is 0.466 e. The molecule has 0 atom stereocenters. The number of benzene rings is 1. The lowest BCUT2D eigenvalue weighted by molar-refractivity contribution is -0.144. The molecule has 0 fully saturated rings. The highest BCUT2D eigenvalue weighted by Gasteiger charge is 2.15. The normalized spacial score (nSPS) is 10.8. The van der Waals surface area contributed by atoms with Crippen molar-refractivity contribution in [2.45, 2.75) is 39.5 Å². The van der Waals surface area contributed by atoms with Crippen molar-refractivity contribution in [3.63, 3.8) is 0 Å². The number of aryl methyl sites for hydroxylation is 2. The minimum atomic E-state index is -0.244. The number of rotatable bonds is 11. The van der Waals surface area contributed by atoms with Gasteiger partial charge in [0.15, 0.2) is 0 Å². The van der Waals surface area contributed by atoms with Gasteiger partial charge in [-0.15, -0.1) is 0 Å². The van der Waals surface area contributed by atoms with Gasteiger partial charge in [0.25, 0.3) is 0 Å². The van der Waals surface area contributed by atoms with Crippen LogP contribution in [0.2, 0.25) is 0 Å². The van der Waals surface area contributed by atoms with Crippen LogP contribution in [0.1, 0.15) is 37.3 Å². The Morgan fingerprint density at radius 3 is 2.28 bits per heavy atom. The second kappa shape index (κ2) is 11.6. The van der Waals surface area contributed by atoms with Crippen molar-refractivity contribution in [3.8, 4) is 0 Å². The van der Waals surface area contributed by atoms with E-state index >= 15 is 0 Å². The maximum Gasteiger partial charge on any atom is 0.307 e. The smallest absolute Gasteiger partial charge is 0.307 e. The fourth-order valence-electron chi connectivity index (χ4n) is 2.56. The first kappa shape index (κ1) is 21.2. The lowest BCUT2D eigenvalue weighted by Crippen LogP contribution is -2.35. The molecular weight excluding hydrogens is 316 g/mol. The van der Waals surface area contributed by atoms with Gasteiger partial charge in [-0.3, -0.25) is 9.59 Å². The molecule has 0 aliphatic rings. The summed E-state index contributed by atoms with van der Waals surface area (Å²) in [6.45, 7) is 6.24. The summed E-state index contributed by atoms with van der Waals surface area (Å²) in [7, 11) is 4.03. The van der Waals surface area contributed by atoms with Crippen LogP contribution in [0.25, 0.3) is 0 Å². The average molecular weight is 348 g/mol. The van der Waals surface area contributed by atoms with E-state index in [4.69, 9.17) is 4.74 Å². The third-order valence-electron chi connectivity index (χ3n) is 4.03. The summed E-state index contributed by atoms with van der Waals surface area (Å²) in [4.78, 5) is 28.1. The maximum atomic E-state index is 12.6. The van der Waals surface area contributed by atoms with Crippen molar-refractivity contribution in [1.29, 1.82) is 0 Å². The van der Waals surface area contributed by atoms with Crippen molar-refractivity contribution < 1.29 is 14.3 Å². The Balaban J connectivity index is 2.53. The van der Waals surface area contributed by atoms with Crippen LogP contribution in [0.4, 0.5) is 0 Å². The fraction of sp³-hybridized carbons (Fsp3) is 0.600. The van der Waals surface area contributed by atoms with E-state index in [9.17, 15) is 9.59 Å². The summed E-state index contributed by atoms with van der Waals surface area (Å²) in [6, 6.07) is 8.26. The highest BCUT2D eigenvalue weighted by molar-refractivity contribution is 5.77. The predicted molar refractivity (Wildman–Crippen MR) is 101 cm³/mol. The van der Waals surface area contributed by atoms with E-state index in [-0.39, 0.29) is 18.3 Å². The molecule has 0 saturated heterocycles. The minimum Gasteiger partial charge on any atom is -0.466 e. The second-order valence-corrected chi connectivity index (χ2v) is 6.58. The molecule has 5 heteroatoms. The van der Waals surface area contributed by atoms with Crippen LogP contribution in [-0.2, 0) is 20.7 Å². The van der Waals surface area contributed by atoms with Crippen LogP contribution in [-0.4, -0.2) is 62.0 Å². The standard InChI is InChI=1S/C20H32N2O3/c1-5-25-20(24)13-16-22(15-6-14-21(3)4)19(23)12-11-18-9-7-17(2)8-10-18/h7-10H,5-6,11-16H2,1-4H3. The molecule has 1 aromatic carbocycles. The van der Waals surface area contributed by atoms with Crippen LogP contribution in [0.5, 0.6) is 0 Å². The van der Waals surface area contributed by atoms with Gasteiger partial charge in [0.2, 0.25) is 5.91 Å². The SMILES string of the molecule is CCOC(=O)CCN(CCCN(C)C)C(=O)CCc1ccc(C)cc1. The van der Waals surface area contributed by atoms with Crippen LogP contribution in [0.15, 0.2) is 24.3 Å². The summed E-state index contributed by atoms with van der Waals surface area (Å²) in [5, 5.41) is 0. The summed E-state index contributed by atoms with van der Waals surface area (Å²) in [6.07, 6.45) is 2.34. The van der Waals surface area contributed by atoms with Crippen molar-refractivity contribution in [3.05, 3.63) is 35.4 Å². The molecule has 0 aliphatic heterocycles. The van der Waals surface area contributed by atoms with Gasteiger partial charge in [-0.1, -0.05) is 29.8 Å². The van der Waals surface area contributed by atoms with Gasteiger partial charge in [0.05, 0.1) is 13.0 Å². The molecule has 0 spiro atoms. The number of hydrogen-bond acceptors (Lipinski definition) is 4. The molecule has 0 heterocycles. The van der Waals surface area contributed by atoms with Gasteiger partial charge < -0.3 is 14.5 Å². The average Bonchev–Trinajstić information content (AvgIpc) is 2.57. The first-order chi connectivity index (χ1) is 11.9. The lowest BCUT2D eigenvalue weighted by Gasteiger charge is -2.23. The molecular formula is C20H32N2O3. The van der Waals surface area contributed by atoms with Crippen molar-refractivity contribution >= 4 is 11.9 Å². The molecule has 0 radical (unpaired) electrons. The van der Waals surface area contributed by atoms with Gasteiger partial charge >= 0.3 is 5.97 Å². The Kier molecular flexibility index (Phi) is 9.85. The van der Waals surface area contributed by atoms with Gasteiger partial charge in [-0.25, -0.2) is 0 Å². The van der Waals surface area contributed by atoms with Crippen LogP contribution in [0, 0.1) is 6.92 Å². The molecule has 5 nitrogen and oxygen atoms in total. The van der Waals surface area contributed by atoms with E-state index in [1.54, 1.807) is 11.8 Å². The van der Waals surface area contributed by atoms with Crippen molar-refractivity contribution in [1.82, 2.24) is 9.80 Å². The molecule has 140 valence electrons. The highest BCUT2D eigenvalue weighted by Crippen LogP contribution is 2.08. The van der Waals surface area contributed by atoms with Gasteiger partial charge in [-0.2, -0.15) is 0 Å². The summed E-state index contributed by atoms with van der Waals surface area (Å²) in [5.41, 5.74) is 2.38. The predicted octanol–water partition coefficient (Wildman–Crippen LogP) is 2.66. The van der Waals surface area contributed by atoms with Gasteiger partial charge in [0, 0.05) is 19.5 Å². The topological polar surface area (TPSA) is 49.9 Å². The van der Waals surface area contributed by atoms with E-state index in [0.29, 0.717) is 26.1 Å². The van der Waals surface area contributed by atoms with Crippen LogP contribution in [0.3, 0.4) is 0 Å². The molecule has 1 aromatic rings. The second-order valence-electron chi connectivity index (χ2n) is 6.58. The number of carbonyl (C=O) groups is 2. The van der Waals surface area contributed by atoms with E-state index < -0.39 is 0 Å². The molecule has 0 N–H and O–H groups in total. The van der Waals surface area contributed by atoms with Crippen molar-refractivity contribution in [2.24, 2.45) is 0 Å². The number of carbonyl (C=O) groups excluding carboxylic acids is 2. The summed E-state index contributed by atoms with van der Waals surface area (Å²) >= 11 is 0. The monoisotopic (exact) mass is 348 g/mol. The first-order valence-corrected chi connectivity index (χ1v) is 9.06. The maximum absolute atomic E-state index is 12.6. The molecule has 0 aliphatic carbocycles. The molecule has 0 saturated carbocycles. The molecule has 1 amide bonds. The van der Waals surface area contributed by atoms with E-state index in [1.165, 1.54) is 5.56 Å². The zero-order valence-corrected chi connectivity index (χ0v) is 16.1. The first-order valence-electron chi connectivity index (χ1n) is 9.06. The Morgan fingerprint density at radius 2 is 1.68 bits per heavy atom. The number of esters is 1. The molecule has 1 rings (SSSR count). The zero-order chi connectivity index (χ0) is 18.7. The Bertz CT molecular complexity index is 526. The van der Waals surface area contributed by atoms with Crippen LogP contribution < -0.4 is 0 Å². The Labute approximate surface area is 151 Å². The van der Waals surface area contributed by atoms with E-state index in [1.807, 2.05) is 14.1 Å². The minimum absolute atomic E-state index is 0.101. The molecule has 0 aromatic heterocycles. The number of nitrogens with zero attached hydrogens (tertiary/aromatic N) is 2. The third kappa shape index (κ3) is 9.25. The number of amides is 1. The molecule has 0 unspecified atom stereocenters. The molecule has 25 heavy (non-hydrogen) atoms. The van der Waals surface area contributed by atoms with Gasteiger partial charge in [0.1, 0.15) is 0 Å².